The van der Waals surface area contributed by atoms with Crippen molar-refractivity contribution in [3.8, 4) is 5.75 Å². The average Bonchev–Trinajstić information content (AvgIpc) is 2.78. The third-order valence-corrected chi connectivity index (χ3v) is 4.81. The molecule has 8 nitrogen and oxygen atoms in total. The van der Waals surface area contributed by atoms with Crippen LogP contribution in [-0.4, -0.2) is 28.6 Å². The van der Waals surface area contributed by atoms with Crippen LogP contribution in [0.4, 0.5) is 11.5 Å². The van der Waals surface area contributed by atoms with Gasteiger partial charge in [-0.05, 0) is 24.1 Å². The van der Waals surface area contributed by atoms with Gasteiger partial charge in [0.15, 0.2) is 12.3 Å². The van der Waals surface area contributed by atoms with E-state index in [4.69, 9.17) is 10.5 Å². The number of nitrogens with zero attached hydrogens (tertiary/aromatic N) is 2. The van der Waals surface area contributed by atoms with Gasteiger partial charge in [0.1, 0.15) is 11.6 Å². The number of nitrogens with two attached hydrogens (primary N) is 1. The van der Waals surface area contributed by atoms with Gasteiger partial charge in [-0.15, -0.1) is 0 Å². The number of hydrogen-bond acceptors (Lipinski definition) is 5. The van der Waals surface area contributed by atoms with Crippen molar-refractivity contribution in [2.75, 3.05) is 23.8 Å². The number of aromatic nitrogens is 2. The maximum absolute atomic E-state index is 13.0. The second-order valence-electron chi connectivity index (χ2n) is 7.07. The first-order valence-corrected chi connectivity index (χ1v) is 10.2. The van der Waals surface area contributed by atoms with Crippen LogP contribution in [0, 0.1) is 0 Å². The zero-order chi connectivity index (χ0) is 22.2. The Kier molecular flexibility index (Phi) is 7.26. The molecule has 0 spiro atoms. The minimum atomic E-state index is -0.698. The van der Waals surface area contributed by atoms with Crippen molar-refractivity contribution < 1.29 is 9.53 Å². The summed E-state index contributed by atoms with van der Waals surface area (Å²) in [5.41, 5.74) is 5.74. The Labute approximate surface area is 179 Å². The highest BCUT2D eigenvalue weighted by atomic mass is 16.5. The fraction of sp³-hybridized carbons (Fsp3) is 0.261. The summed E-state index contributed by atoms with van der Waals surface area (Å²) >= 11 is 0. The molecule has 1 heterocycles. The first-order valence-electron chi connectivity index (χ1n) is 10.2. The van der Waals surface area contributed by atoms with E-state index in [1.807, 2.05) is 43.3 Å². The molecule has 0 radical (unpaired) electrons. The number of carbonyl (C=O) groups excluding carboxylic acids is 1. The number of anilines is 2. The molecule has 0 saturated heterocycles. The molecule has 2 aromatic carbocycles. The molecule has 1 aromatic heterocycles. The van der Waals surface area contributed by atoms with E-state index in [9.17, 15) is 14.4 Å². The molecule has 8 heteroatoms. The van der Waals surface area contributed by atoms with E-state index in [2.05, 4.69) is 4.98 Å². The second kappa shape index (κ2) is 10.3. The van der Waals surface area contributed by atoms with Gasteiger partial charge < -0.3 is 15.4 Å². The molecule has 0 fully saturated rings. The van der Waals surface area contributed by atoms with Gasteiger partial charge >= 0.3 is 5.69 Å². The van der Waals surface area contributed by atoms with Crippen molar-refractivity contribution in [3.63, 3.8) is 0 Å². The summed E-state index contributed by atoms with van der Waals surface area (Å²) in [6, 6.07) is 18.2. The molecule has 0 aliphatic rings. The van der Waals surface area contributed by atoms with Crippen molar-refractivity contribution in [1.82, 2.24) is 9.55 Å². The molecule has 3 aromatic rings. The molecule has 3 rings (SSSR count). The molecule has 162 valence electrons. The molecule has 31 heavy (non-hydrogen) atoms. The normalized spacial score (nSPS) is 10.6. The number of H-pyrrole nitrogens is 1. The Hall–Kier alpha value is -3.81. The monoisotopic (exact) mass is 422 g/mol. The second-order valence-corrected chi connectivity index (χ2v) is 7.07. The predicted octanol–water partition coefficient (Wildman–Crippen LogP) is 2.38. The smallest absolute Gasteiger partial charge is 0.330 e. The van der Waals surface area contributed by atoms with Gasteiger partial charge in [0.05, 0.1) is 6.54 Å². The standard InChI is InChI=1S/C23H26N4O4/c1-2-3-14-26(19(28)16-31-18-12-8-5-9-13-18)20-21(24)27(23(30)25-22(20)29)15-17-10-6-4-7-11-17/h4-13H,2-3,14-16,24H2,1H3,(H,25,29,30). The minimum absolute atomic E-state index is 0.0364. The first kappa shape index (κ1) is 21.9. The quantitative estimate of drug-likeness (QED) is 0.550. The molecular formula is C23H26N4O4. The Morgan fingerprint density at radius 3 is 2.35 bits per heavy atom. The number of unbranched alkanes of at least 4 members (excludes halogenated alkanes) is 1. The van der Waals surface area contributed by atoms with Gasteiger partial charge in [0.2, 0.25) is 0 Å². The third-order valence-electron chi connectivity index (χ3n) is 4.81. The number of aromatic amines is 1. The van der Waals surface area contributed by atoms with Crippen molar-refractivity contribution >= 4 is 17.4 Å². The Balaban J connectivity index is 1.94. The van der Waals surface area contributed by atoms with Crippen LogP contribution in [-0.2, 0) is 11.3 Å². The number of nitrogens with one attached hydrogen (secondary N) is 1. The number of amides is 1. The van der Waals surface area contributed by atoms with Crippen molar-refractivity contribution in [1.29, 1.82) is 0 Å². The molecule has 0 aliphatic carbocycles. The molecule has 0 atom stereocenters. The lowest BCUT2D eigenvalue weighted by molar-refractivity contribution is -0.120. The van der Waals surface area contributed by atoms with Crippen LogP contribution < -0.4 is 26.6 Å². The van der Waals surface area contributed by atoms with Crippen molar-refractivity contribution in [2.45, 2.75) is 26.3 Å². The van der Waals surface area contributed by atoms with E-state index in [1.54, 1.807) is 24.3 Å². The summed E-state index contributed by atoms with van der Waals surface area (Å²) in [7, 11) is 0. The van der Waals surface area contributed by atoms with Gasteiger partial charge in [-0.3, -0.25) is 19.1 Å². The first-order chi connectivity index (χ1) is 15.0. The van der Waals surface area contributed by atoms with Crippen LogP contribution in [0.15, 0.2) is 70.3 Å². The molecule has 0 saturated carbocycles. The summed E-state index contributed by atoms with van der Waals surface area (Å²) in [5, 5.41) is 0. The summed E-state index contributed by atoms with van der Waals surface area (Å²) < 4.78 is 6.83. The van der Waals surface area contributed by atoms with Gasteiger partial charge in [0.25, 0.3) is 11.5 Å². The Morgan fingerprint density at radius 2 is 1.71 bits per heavy atom. The lowest BCUT2D eigenvalue weighted by Gasteiger charge is -2.24. The van der Waals surface area contributed by atoms with Gasteiger partial charge in [-0.1, -0.05) is 61.9 Å². The number of hydrogen-bond donors (Lipinski definition) is 2. The van der Waals surface area contributed by atoms with E-state index < -0.39 is 17.2 Å². The number of ether oxygens (including phenoxy) is 1. The molecule has 3 N–H and O–H groups in total. The summed E-state index contributed by atoms with van der Waals surface area (Å²) in [4.78, 5) is 41.7. The van der Waals surface area contributed by atoms with Crippen LogP contribution in [0.1, 0.15) is 25.3 Å². The van der Waals surface area contributed by atoms with E-state index in [0.29, 0.717) is 12.2 Å². The zero-order valence-corrected chi connectivity index (χ0v) is 17.4. The lowest BCUT2D eigenvalue weighted by atomic mass is 10.2. The maximum Gasteiger partial charge on any atom is 0.330 e. The zero-order valence-electron chi connectivity index (χ0n) is 17.4. The van der Waals surface area contributed by atoms with Gasteiger partial charge in [-0.25, -0.2) is 4.79 Å². The van der Waals surface area contributed by atoms with Crippen LogP contribution in [0.25, 0.3) is 0 Å². The number of rotatable bonds is 9. The lowest BCUT2D eigenvalue weighted by Crippen LogP contribution is -2.43. The van der Waals surface area contributed by atoms with Crippen molar-refractivity contribution in [2.24, 2.45) is 0 Å². The van der Waals surface area contributed by atoms with Crippen LogP contribution in [0.2, 0.25) is 0 Å². The average molecular weight is 422 g/mol. The Bertz CT molecular complexity index is 1120. The summed E-state index contributed by atoms with van der Waals surface area (Å²) in [5.74, 6) is 0.0726. The van der Waals surface area contributed by atoms with Crippen LogP contribution >= 0.6 is 0 Å². The molecule has 1 amide bonds. The number of nitrogen functional groups attached to an aromatic ring is 1. The van der Waals surface area contributed by atoms with Crippen LogP contribution in [0.3, 0.4) is 0 Å². The minimum Gasteiger partial charge on any atom is -0.484 e. The molecule has 0 unspecified atom stereocenters. The largest absolute Gasteiger partial charge is 0.484 e. The molecule has 0 aliphatic heterocycles. The highest BCUT2D eigenvalue weighted by Crippen LogP contribution is 2.19. The summed E-state index contributed by atoms with van der Waals surface area (Å²) in [6.07, 6.45) is 1.47. The van der Waals surface area contributed by atoms with E-state index in [-0.39, 0.29) is 31.2 Å². The predicted molar refractivity (Wildman–Crippen MR) is 120 cm³/mol. The van der Waals surface area contributed by atoms with E-state index >= 15 is 0 Å². The SMILES string of the molecule is CCCCN(C(=O)COc1ccccc1)c1c(N)n(Cc2ccccc2)c(=O)[nH]c1=O. The number of para-hydroxylation sites is 1. The third kappa shape index (κ3) is 5.42. The molecule has 0 bridgehead atoms. The fourth-order valence-corrected chi connectivity index (χ4v) is 3.18. The van der Waals surface area contributed by atoms with E-state index in [0.717, 1.165) is 12.0 Å². The van der Waals surface area contributed by atoms with Gasteiger partial charge in [0, 0.05) is 6.54 Å². The topological polar surface area (TPSA) is 110 Å². The summed E-state index contributed by atoms with van der Waals surface area (Å²) in [6.45, 7) is 2.17. The fourth-order valence-electron chi connectivity index (χ4n) is 3.18. The molecular weight excluding hydrogens is 396 g/mol. The van der Waals surface area contributed by atoms with Gasteiger partial charge in [-0.2, -0.15) is 0 Å². The Morgan fingerprint density at radius 1 is 1.06 bits per heavy atom. The number of carbonyl (C=O) groups is 1. The van der Waals surface area contributed by atoms with Crippen LogP contribution in [0.5, 0.6) is 5.75 Å². The highest BCUT2D eigenvalue weighted by Gasteiger charge is 2.24. The van der Waals surface area contributed by atoms with E-state index in [1.165, 1.54) is 9.47 Å². The number of benzene rings is 2. The van der Waals surface area contributed by atoms with Crippen molar-refractivity contribution in [3.05, 3.63) is 87.1 Å². The maximum atomic E-state index is 13.0. The highest BCUT2D eigenvalue weighted by molar-refractivity contribution is 5.96.